The molecule has 0 saturated heterocycles. The molecule has 1 aromatic rings. The van der Waals surface area contributed by atoms with Crippen molar-refractivity contribution in [2.24, 2.45) is 11.7 Å². The molecule has 1 unspecified atom stereocenters. The summed E-state index contributed by atoms with van der Waals surface area (Å²) in [6.45, 7) is 3.37. The fourth-order valence-corrected chi connectivity index (χ4v) is 2.40. The summed E-state index contributed by atoms with van der Waals surface area (Å²) >= 11 is 0. The van der Waals surface area contributed by atoms with Gasteiger partial charge in [-0.05, 0) is 25.2 Å². The first-order valence-electron chi connectivity index (χ1n) is 6.67. The van der Waals surface area contributed by atoms with Gasteiger partial charge in [-0.2, -0.15) is 0 Å². The SMILES string of the molecule is CCCn1ccnc(N(C)C(CN)C2CC2)c1=O. The van der Waals surface area contributed by atoms with Crippen molar-refractivity contribution < 1.29 is 0 Å². The zero-order chi connectivity index (χ0) is 13.1. The lowest BCUT2D eigenvalue weighted by Gasteiger charge is -2.27. The highest BCUT2D eigenvalue weighted by Crippen LogP contribution is 2.35. The van der Waals surface area contributed by atoms with Gasteiger partial charge >= 0.3 is 0 Å². The van der Waals surface area contributed by atoms with Crippen molar-refractivity contribution >= 4 is 5.82 Å². The van der Waals surface area contributed by atoms with Gasteiger partial charge in [0.2, 0.25) is 0 Å². The van der Waals surface area contributed by atoms with Gasteiger partial charge in [-0.1, -0.05) is 6.92 Å². The fourth-order valence-electron chi connectivity index (χ4n) is 2.40. The predicted octanol–water partition coefficient (Wildman–Crippen LogP) is 0.827. The Bertz CT molecular complexity index is 453. The molecule has 0 spiro atoms. The average Bonchev–Trinajstić information content (AvgIpc) is 3.17. The zero-order valence-electron chi connectivity index (χ0n) is 11.2. The van der Waals surface area contributed by atoms with Crippen LogP contribution in [0, 0.1) is 5.92 Å². The molecule has 0 aromatic carbocycles. The molecule has 100 valence electrons. The molecular formula is C13H22N4O. The van der Waals surface area contributed by atoms with Crippen LogP contribution in [0.3, 0.4) is 0 Å². The third-order valence-electron chi connectivity index (χ3n) is 3.60. The molecule has 0 bridgehead atoms. The number of hydrogen-bond donors (Lipinski definition) is 1. The summed E-state index contributed by atoms with van der Waals surface area (Å²) in [6, 6.07) is 0.239. The molecule has 2 N–H and O–H groups in total. The Kier molecular flexibility index (Phi) is 4.01. The third kappa shape index (κ3) is 2.56. The van der Waals surface area contributed by atoms with Gasteiger partial charge in [0.05, 0.1) is 0 Å². The Morgan fingerprint density at radius 2 is 2.33 bits per heavy atom. The number of nitrogens with two attached hydrogens (primary N) is 1. The minimum Gasteiger partial charge on any atom is -0.351 e. The van der Waals surface area contributed by atoms with Crippen LogP contribution in [-0.2, 0) is 6.54 Å². The monoisotopic (exact) mass is 250 g/mol. The van der Waals surface area contributed by atoms with Crippen molar-refractivity contribution in [2.45, 2.75) is 38.8 Å². The molecule has 0 radical (unpaired) electrons. The Morgan fingerprint density at radius 1 is 1.61 bits per heavy atom. The molecule has 0 amide bonds. The van der Waals surface area contributed by atoms with E-state index < -0.39 is 0 Å². The van der Waals surface area contributed by atoms with Crippen LogP contribution >= 0.6 is 0 Å². The second-order valence-electron chi connectivity index (χ2n) is 5.00. The quantitative estimate of drug-likeness (QED) is 0.812. The predicted molar refractivity (Wildman–Crippen MR) is 72.8 cm³/mol. The van der Waals surface area contributed by atoms with E-state index in [4.69, 9.17) is 5.73 Å². The van der Waals surface area contributed by atoms with E-state index in [2.05, 4.69) is 11.9 Å². The molecule has 0 aliphatic heterocycles. The minimum atomic E-state index is -0.0130. The first-order valence-corrected chi connectivity index (χ1v) is 6.67. The molecule has 1 aliphatic rings. The van der Waals surface area contributed by atoms with Crippen molar-refractivity contribution in [1.82, 2.24) is 9.55 Å². The summed E-state index contributed by atoms with van der Waals surface area (Å²) in [5, 5.41) is 0. The van der Waals surface area contributed by atoms with Gasteiger partial charge in [-0.15, -0.1) is 0 Å². The van der Waals surface area contributed by atoms with Crippen LogP contribution in [0.4, 0.5) is 5.82 Å². The lowest BCUT2D eigenvalue weighted by atomic mass is 10.1. The van der Waals surface area contributed by atoms with Gasteiger partial charge in [0.25, 0.3) is 5.56 Å². The van der Waals surface area contributed by atoms with Gasteiger partial charge in [-0.3, -0.25) is 4.79 Å². The number of aromatic nitrogens is 2. The summed E-state index contributed by atoms with van der Waals surface area (Å²) in [5.41, 5.74) is 5.81. The van der Waals surface area contributed by atoms with E-state index in [1.54, 1.807) is 17.0 Å². The van der Waals surface area contributed by atoms with E-state index in [0.29, 0.717) is 18.3 Å². The van der Waals surface area contributed by atoms with Crippen LogP contribution in [0.15, 0.2) is 17.2 Å². The number of likely N-dealkylation sites (N-methyl/N-ethyl adjacent to an activating group) is 1. The lowest BCUT2D eigenvalue weighted by molar-refractivity contribution is 0.557. The molecule has 1 heterocycles. The summed E-state index contributed by atoms with van der Waals surface area (Å²) in [4.78, 5) is 18.5. The maximum atomic E-state index is 12.3. The van der Waals surface area contributed by atoms with Crippen LogP contribution in [0.25, 0.3) is 0 Å². The maximum Gasteiger partial charge on any atom is 0.293 e. The fraction of sp³-hybridized carbons (Fsp3) is 0.692. The van der Waals surface area contributed by atoms with E-state index in [0.717, 1.165) is 13.0 Å². The van der Waals surface area contributed by atoms with E-state index in [1.807, 2.05) is 11.9 Å². The van der Waals surface area contributed by atoms with Gasteiger partial charge < -0.3 is 15.2 Å². The normalized spacial score (nSPS) is 16.6. The van der Waals surface area contributed by atoms with Crippen molar-refractivity contribution in [1.29, 1.82) is 0 Å². The topological polar surface area (TPSA) is 64.2 Å². The molecule has 5 nitrogen and oxygen atoms in total. The summed E-state index contributed by atoms with van der Waals surface area (Å²) < 4.78 is 1.72. The van der Waals surface area contributed by atoms with E-state index in [9.17, 15) is 4.79 Å². The third-order valence-corrected chi connectivity index (χ3v) is 3.60. The van der Waals surface area contributed by atoms with Crippen molar-refractivity contribution in [3.63, 3.8) is 0 Å². The van der Waals surface area contributed by atoms with Gasteiger partial charge in [0.15, 0.2) is 5.82 Å². The second kappa shape index (κ2) is 5.52. The van der Waals surface area contributed by atoms with Crippen LogP contribution < -0.4 is 16.2 Å². The van der Waals surface area contributed by atoms with Gasteiger partial charge in [-0.25, -0.2) is 4.98 Å². The minimum absolute atomic E-state index is 0.0130. The molecule has 5 heteroatoms. The smallest absolute Gasteiger partial charge is 0.293 e. The highest BCUT2D eigenvalue weighted by Gasteiger charge is 2.34. The Morgan fingerprint density at radius 3 is 2.89 bits per heavy atom. The maximum absolute atomic E-state index is 12.3. The molecule has 1 fully saturated rings. The van der Waals surface area contributed by atoms with Crippen LogP contribution in [0.5, 0.6) is 0 Å². The summed E-state index contributed by atoms with van der Waals surface area (Å²) in [7, 11) is 1.93. The first-order chi connectivity index (χ1) is 8.69. The number of aryl methyl sites for hydroxylation is 1. The molecule has 2 rings (SSSR count). The molecule has 1 aliphatic carbocycles. The Balaban J connectivity index is 2.26. The number of nitrogens with zero attached hydrogens (tertiary/aromatic N) is 3. The Labute approximate surface area is 108 Å². The summed E-state index contributed by atoms with van der Waals surface area (Å²) in [6.07, 6.45) is 6.81. The van der Waals surface area contributed by atoms with Gasteiger partial charge in [0.1, 0.15) is 0 Å². The molecule has 1 aromatic heterocycles. The number of hydrogen-bond acceptors (Lipinski definition) is 4. The van der Waals surface area contributed by atoms with Crippen LogP contribution in [-0.4, -0.2) is 29.2 Å². The molecular weight excluding hydrogens is 228 g/mol. The van der Waals surface area contributed by atoms with Crippen molar-refractivity contribution in [2.75, 3.05) is 18.5 Å². The standard InChI is InChI=1S/C13H22N4O/c1-3-7-17-8-6-15-12(13(17)18)16(2)11(9-14)10-4-5-10/h6,8,10-11H,3-5,7,9,14H2,1-2H3. The lowest BCUT2D eigenvalue weighted by Crippen LogP contribution is -2.43. The molecule has 1 atom stereocenters. The molecule has 18 heavy (non-hydrogen) atoms. The van der Waals surface area contributed by atoms with E-state index in [1.165, 1.54) is 12.8 Å². The van der Waals surface area contributed by atoms with Crippen molar-refractivity contribution in [3.05, 3.63) is 22.7 Å². The highest BCUT2D eigenvalue weighted by atomic mass is 16.1. The van der Waals surface area contributed by atoms with E-state index in [-0.39, 0.29) is 11.6 Å². The number of rotatable bonds is 6. The molecule has 1 saturated carbocycles. The number of anilines is 1. The van der Waals surface area contributed by atoms with Crippen molar-refractivity contribution in [3.8, 4) is 0 Å². The summed E-state index contributed by atoms with van der Waals surface area (Å²) in [5.74, 6) is 1.15. The average molecular weight is 250 g/mol. The van der Waals surface area contributed by atoms with E-state index >= 15 is 0 Å². The largest absolute Gasteiger partial charge is 0.351 e. The Hall–Kier alpha value is -1.36. The highest BCUT2D eigenvalue weighted by molar-refractivity contribution is 5.37. The second-order valence-corrected chi connectivity index (χ2v) is 5.00. The van der Waals surface area contributed by atoms with Gasteiger partial charge in [0, 0.05) is 38.6 Å². The van der Waals surface area contributed by atoms with Crippen LogP contribution in [0.2, 0.25) is 0 Å². The first kappa shape index (κ1) is 13.1. The zero-order valence-corrected chi connectivity index (χ0v) is 11.2. The van der Waals surface area contributed by atoms with Crippen LogP contribution in [0.1, 0.15) is 26.2 Å².